The molecule has 2 aliphatic heterocycles. The number of hydrogen-bond donors (Lipinski definition) is 1. The van der Waals surface area contributed by atoms with Crippen LogP contribution in [0.25, 0.3) is 0 Å². The minimum atomic E-state index is -0.110. The van der Waals surface area contributed by atoms with E-state index in [4.69, 9.17) is 10.5 Å². The molecule has 0 aromatic carbocycles. The Balaban J connectivity index is 1.91. The largest absolute Gasteiger partial charge is 0.379 e. The summed E-state index contributed by atoms with van der Waals surface area (Å²) in [6, 6.07) is -0.110. The Kier molecular flexibility index (Phi) is 4.28. The van der Waals surface area contributed by atoms with Gasteiger partial charge in [0.05, 0.1) is 19.1 Å². The van der Waals surface area contributed by atoms with E-state index < -0.39 is 0 Å². The van der Waals surface area contributed by atoms with Gasteiger partial charge >= 0.3 is 0 Å². The molecule has 0 bridgehead atoms. The molecule has 0 aromatic heterocycles. The Hall–Kier alpha value is -0.610. The molecule has 2 atom stereocenters. The smallest absolute Gasteiger partial charge is 0.229 e. The minimum absolute atomic E-state index is 0.110. The number of amides is 1. The van der Waals surface area contributed by atoms with Gasteiger partial charge in [0.25, 0.3) is 0 Å². The highest BCUT2D eigenvalue weighted by Crippen LogP contribution is 2.38. The summed E-state index contributed by atoms with van der Waals surface area (Å²) < 4.78 is 5.29. The second kappa shape index (κ2) is 5.57. The van der Waals surface area contributed by atoms with Gasteiger partial charge in [0, 0.05) is 19.1 Å². The average molecular weight is 254 g/mol. The van der Waals surface area contributed by atoms with E-state index in [0.717, 1.165) is 25.9 Å². The van der Waals surface area contributed by atoms with Crippen molar-refractivity contribution in [1.29, 1.82) is 0 Å². The third kappa shape index (κ3) is 2.54. The summed E-state index contributed by atoms with van der Waals surface area (Å²) in [5.41, 5.74) is 6.38. The molecule has 2 saturated heterocycles. The first-order chi connectivity index (χ1) is 8.62. The van der Waals surface area contributed by atoms with E-state index in [-0.39, 0.29) is 17.9 Å². The highest BCUT2D eigenvalue weighted by atomic mass is 16.5. The average Bonchev–Trinajstić information content (AvgIpc) is 2.84. The van der Waals surface area contributed by atoms with Gasteiger partial charge < -0.3 is 15.4 Å². The summed E-state index contributed by atoms with van der Waals surface area (Å²) in [4.78, 5) is 14.4. The summed E-state index contributed by atoms with van der Waals surface area (Å²) >= 11 is 0. The molecule has 2 aliphatic rings. The normalized spacial score (nSPS) is 31.6. The molecular formula is C14H26N2O2. The van der Waals surface area contributed by atoms with Gasteiger partial charge in [-0.2, -0.15) is 0 Å². The molecule has 0 spiro atoms. The van der Waals surface area contributed by atoms with Crippen molar-refractivity contribution in [2.24, 2.45) is 17.1 Å². The van der Waals surface area contributed by atoms with Gasteiger partial charge in [-0.3, -0.25) is 4.79 Å². The van der Waals surface area contributed by atoms with Crippen LogP contribution in [0.15, 0.2) is 0 Å². The van der Waals surface area contributed by atoms with Crippen LogP contribution < -0.4 is 5.73 Å². The van der Waals surface area contributed by atoms with Crippen LogP contribution in [-0.4, -0.2) is 43.2 Å². The van der Waals surface area contributed by atoms with Gasteiger partial charge in [-0.1, -0.05) is 26.7 Å². The molecular weight excluding hydrogens is 228 g/mol. The number of likely N-dealkylation sites (tertiary alicyclic amines) is 1. The Labute approximate surface area is 110 Å². The Morgan fingerprint density at radius 1 is 1.28 bits per heavy atom. The molecule has 0 radical (unpaired) electrons. The molecule has 0 aromatic rings. The Morgan fingerprint density at radius 3 is 2.33 bits per heavy atom. The molecule has 18 heavy (non-hydrogen) atoms. The third-order valence-electron chi connectivity index (χ3n) is 5.08. The van der Waals surface area contributed by atoms with Gasteiger partial charge in [-0.05, 0) is 18.3 Å². The quantitative estimate of drug-likeness (QED) is 0.828. The summed E-state index contributed by atoms with van der Waals surface area (Å²) in [5, 5.41) is 0. The fourth-order valence-electron chi connectivity index (χ4n) is 3.22. The van der Waals surface area contributed by atoms with Crippen LogP contribution in [0, 0.1) is 11.3 Å². The first-order valence-corrected chi connectivity index (χ1v) is 7.24. The van der Waals surface area contributed by atoms with Crippen LogP contribution in [0.2, 0.25) is 0 Å². The summed E-state index contributed by atoms with van der Waals surface area (Å²) in [6.07, 6.45) is 4.71. The van der Waals surface area contributed by atoms with E-state index in [1.54, 1.807) is 0 Å². The van der Waals surface area contributed by atoms with E-state index in [1.807, 2.05) is 4.90 Å². The van der Waals surface area contributed by atoms with Crippen molar-refractivity contribution < 1.29 is 9.53 Å². The number of carbonyl (C=O) groups excluding carboxylic acids is 1. The molecule has 0 aliphatic carbocycles. The van der Waals surface area contributed by atoms with E-state index >= 15 is 0 Å². The van der Waals surface area contributed by atoms with Crippen LogP contribution in [0.5, 0.6) is 0 Å². The van der Waals surface area contributed by atoms with Crippen LogP contribution in [-0.2, 0) is 9.53 Å². The van der Waals surface area contributed by atoms with Crippen LogP contribution in [0.4, 0.5) is 0 Å². The molecule has 2 N–H and O–H groups in total. The summed E-state index contributed by atoms with van der Waals surface area (Å²) in [6.45, 7) is 7.35. The van der Waals surface area contributed by atoms with Crippen LogP contribution >= 0.6 is 0 Å². The van der Waals surface area contributed by atoms with Gasteiger partial charge in [-0.25, -0.2) is 0 Å². The number of nitrogens with zero attached hydrogens (tertiary/aromatic N) is 1. The standard InChI is InChI=1S/C14H26N2O2/c1-3-14(4-2)5-7-16(8-6-14)13(17)11-9-18-10-12(11)15/h11-12H,3-10,15H2,1-2H3. The second-order valence-electron chi connectivity index (χ2n) is 5.84. The maximum atomic E-state index is 12.4. The highest BCUT2D eigenvalue weighted by molar-refractivity contribution is 5.80. The fourth-order valence-corrected chi connectivity index (χ4v) is 3.22. The molecule has 4 nitrogen and oxygen atoms in total. The van der Waals surface area contributed by atoms with Crippen molar-refractivity contribution in [3.05, 3.63) is 0 Å². The summed E-state index contributed by atoms with van der Waals surface area (Å²) in [7, 11) is 0. The lowest BCUT2D eigenvalue weighted by molar-refractivity contribution is -0.138. The molecule has 2 unspecified atom stereocenters. The predicted octanol–water partition coefficient (Wildman–Crippen LogP) is 1.39. The zero-order valence-electron chi connectivity index (χ0n) is 11.7. The number of nitrogens with two attached hydrogens (primary N) is 1. The maximum Gasteiger partial charge on any atom is 0.229 e. The highest BCUT2D eigenvalue weighted by Gasteiger charge is 2.38. The van der Waals surface area contributed by atoms with Gasteiger partial charge in [0.15, 0.2) is 0 Å². The zero-order chi connectivity index (χ0) is 13.2. The summed E-state index contributed by atoms with van der Waals surface area (Å²) in [5.74, 6) is 0.0987. The van der Waals surface area contributed by atoms with E-state index in [2.05, 4.69) is 13.8 Å². The number of hydrogen-bond acceptors (Lipinski definition) is 3. The molecule has 2 rings (SSSR count). The third-order valence-corrected chi connectivity index (χ3v) is 5.08. The lowest BCUT2D eigenvalue weighted by atomic mass is 9.74. The van der Waals surface area contributed by atoms with Crippen LogP contribution in [0.1, 0.15) is 39.5 Å². The molecule has 2 heterocycles. The van der Waals surface area contributed by atoms with Crippen molar-refractivity contribution in [3.8, 4) is 0 Å². The van der Waals surface area contributed by atoms with E-state index in [1.165, 1.54) is 12.8 Å². The SMILES string of the molecule is CCC1(CC)CCN(C(=O)C2COCC2N)CC1. The lowest BCUT2D eigenvalue weighted by Crippen LogP contribution is -2.48. The van der Waals surface area contributed by atoms with Gasteiger partial charge in [0.1, 0.15) is 0 Å². The molecule has 1 amide bonds. The Bertz CT molecular complexity index is 292. The predicted molar refractivity (Wildman–Crippen MR) is 71.1 cm³/mol. The minimum Gasteiger partial charge on any atom is -0.379 e. The number of rotatable bonds is 3. The second-order valence-corrected chi connectivity index (χ2v) is 5.84. The van der Waals surface area contributed by atoms with Crippen molar-refractivity contribution >= 4 is 5.91 Å². The first kappa shape index (κ1) is 13.8. The van der Waals surface area contributed by atoms with E-state index in [9.17, 15) is 4.79 Å². The van der Waals surface area contributed by atoms with Crippen molar-refractivity contribution in [3.63, 3.8) is 0 Å². The van der Waals surface area contributed by atoms with E-state index in [0.29, 0.717) is 18.6 Å². The maximum absolute atomic E-state index is 12.4. The topological polar surface area (TPSA) is 55.6 Å². The molecule has 4 heteroatoms. The van der Waals surface area contributed by atoms with Gasteiger partial charge in [0.2, 0.25) is 5.91 Å². The number of piperidine rings is 1. The number of carbonyl (C=O) groups is 1. The van der Waals surface area contributed by atoms with Crippen LogP contribution in [0.3, 0.4) is 0 Å². The zero-order valence-corrected chi connectivity index (χ0v) is 11.7. The van der Waals surface area contributed by atoms with Crippen molar-refractivity contribution in [2.75, 3.05) is 26.3 Å². The van der Waals surface area contributed by atoms with Crippen molar-refractivity contribution in [1.82, 2.24) is 4.90 Å². The monoisotopic (exact) mass is 254 g/mol. The van der Waals surface area contributed by atoms with Gasteiger partial charge in [-0.15, -0.1) is 0 Å². The molecule has 0 saturated carbocycles. The fraction of sp³-hybridized carbons (Fsp3) is 0.929. The molecule has 2 fully saturated rings. The Morgan fingerprint density at radius 2 is 1.89 bits per heavy atom. The number of ether oxygens (including phenoxy) is 1. The van der Waals surface area contributed by atoms with Crippen molar-refractivity contribution in [2.45, 2.75) is 45.6 Å². The lowest BCUT2D eigenvalue weighted by Gasteiger charge is -2.41. The molecule has 104 valence electrons. The first-order valence-electron chi connectivity index (χ1n) is 7.24.